The van der Waals surface area contributed by atoms with Crippen LogP contribution in [0.4, 0.5) is 0 Å². The van der Waals surface area contributed by atoms with Crippen molar-refractivity contribution in [1.29, 1.82) is 0 Å². The van der Waals surface area contributed by atoms with Crippen molar-refractivity contribution in [2.75, 3.05) is 6.61 Å². The molecule has 0 radical (unpaired) electrons. The lowest BCUT2D eigenvalue weighted by Crippen LogP contribution is -2.45. The molecule has 4 nitrogen and oxygen atoms in total. The molecule has 0 aliphatic carbocycles. The lowest BCUT2D eigenvalue weighted by atomic mass is 10.0. The van der Waals surface area contributed by atoms with E-state index in [1.165, 1.54) is 302 Å². The van der Waals surface area contributed by atoms with Gasteiger partial charge in [0.2, 0.25) is 5.91 Å². The van der Waals surface area contributed by atoms with E-state index in [4.69, 9.17) is 0 Å². The number of aliphatic hydroxyl groups excluding tert-OH is 2. The highest BCUT2D eigenvalue weighted by Gasteiger charge is 2.18. The van der Waals surface area contributed by atoms with Gasteiger partial charge in [0.15, 0.2) is 0 Å². The van der Waals surface area contributed by atoms with Crippen LogP contribution in [0.5, 0.6) is 0 Å². The third-order valence-electron chi connectivity index (χ3n) is 16.8. The van der Waals surface area contributed by atoms with Crippen molar-refractivity contribution in [3.63, 3.8) is 0 Å². The maximum absolute atomic E-state index is 12.5. The summed E-state index contributed by atoms with van der Waals surface area (Å²) in [6.45, 7) is 4.22. The van der Waals surface area contributed by atoms with Crippen LogP contribution < -0.4 is 5.32 Å². The van der Waals surface area contributed by atoms with Crippen molar-refractivity contribution in [2.24, 2.45) is 0 Å². The van der Waals surface area contributed by atoms with E-state index in [-0.39, 0.29) is 12.5 Å². The van der Waals surface area contributed by atoms with E-state index in [9.17, 15) is 15.0 Å². The van der Waals surface area contributed by atoms with Gasteiger partial charge in [-0.3, -0.25) is 4.79 Å². The zero-order valence-electron chi connectivity index (χ0n) is 55.3. The van der Waals surface area contributed by atoms with Crippen LogP contribution in [0, 0.1) is 0 Å². The molecule has 0 fully saturated rings. The Kier molecular flexibility index (Phi) is 70.7. The number of rotatable bonds is 68. The minimum atomic E-state index is -0.873. The third kappa shape index (κ3) is 68.4. The zero-order valence-corrected chi connectivity index (χ0v) is 55.3. The van der Waals surface area contributed by atoms with E-state index in [1.807, 2.05) is 6.08 Å². The number of carbonyl (C=O) groups excluding carboxylic acids is 1. The number of nitrogens with one attached hydrogen (secondary N) is 1. The Bertz CT molecular complexity index is 1440. The summed E-state index contributed by atoms with van der Waals surface area (Å²) < 4.78 is 0. The van der Waals surface area contributed by atoms with Gasteiger partial charge in [-0.15, -0.1) is 0 Å². The van der Waals surface area contributed by atoms with Crippen LogP contribution >= 0.6 is 0 Å². The Morgan fingerprint density at radius 1 is 0.305 bits per heavy atom. The van der Waals surface area contributed by atoms with Gasteiger partial charge in [0, 0.05) is 6.42 Å². The van der Waals surface area contributed by atoms with Crippen molar-refractivity contribution in [3.05, 3.63) is 85.1 Å². The summed E-state index contributed by atoms with van der Waals surface area (Å²) in [5.74, 6) is -0.0717. The molecule has 0 heterocycles. The second-order valence-electron chi connectivity index (χ2n) is 25.0. The highest BCUT2D eigenvalue weighted by atomic mass is 16.3. The van der Waals surface area contributed by atoms with Crippen molar-refractivity contribution in [1.82, 2.24) is 5.32 Å². The Hall–Kier alpha value is -2.43. The van der Waals surface area contributed by atoms with Gasteiger partial charge in [-0.05, 0) is 83.5 Å². The molecule has 0 saturated carbocycles. The van der Waals surface area contributed by atoms with E-state index in [0.717, 1.165) is 64.2 Å². The fourth-order valence-corrected chi connectivity index (χ4v) is 11.3. The predicted octanol–water partition coefficient (Wildman–Crippen LogP) is 25.4. The first-order valence-corrected chi connectivity index (χ1v) is 36.8. The van der Waals surface area contributed by atoms with Crippen LogP contribution in [0.2, 0.25) is 0 Å². The van der Waals surface area contributed by atoms with Gasteiger partial charge in [0.25, 0.3) is 0 Å². The number of hydrogen-bond acceptors (Lipinski definition) is 3. The minimum Gasteiger partial charge on any atom is -0.394 e. The fourth-order valence-electron chi connectivity index (χ4n) is 11.3. The summed E-state index contributed by atoms with van der Waals surface area (Å²) in [5.41, 5.74) is 0. The average molecular weight is 1140 g/mol. The molecule has 2 atom stereocenters. The number of carbonyl (C=O) groups is 1. The summed E-state index contributed by atoms with van der Waals surface area (Å²) in [6, 6.07) is -0.649. The molecule has 0 aromatic carbocycles. The predicted molar refractivity (Wildman–Crippen MR) is 368 cm³/mol. The smallest absolute Gasteiger partial charge is 0.220 e. The van der Waals surface area contributed by atoms with Crippen LogP contribution in [-0.4, -0.2) is 34.9 Å². The molecule has 82 heavy (non-hydrogen) atoms. The summed E-state index contributed by atoms with van der Waals surface area (Å²) in [7, 11) is 0. The molecule has 0 saturated heterocycles. The molecular weight excluding hydrogens is 999 g/mol. The summed E-state index contributed by atoms with van der Waals surface area (Å²) in [5, 5.41) is 23.3. The zero-order chi connectivity index (χ0) is 59.1. The summed E-state index contributed by atoms with van der Waals surface area (Å²) >= 11 is 0. The Labute approximate surface area is 513 Å². The average Bonchev–Trinajstić information content (AvgIpc) is 3.50. The van der Waals surface area contributed by atoms with E-state index in [2.05, 4.69) is 92.1 Å². The molecule has 0 aromatic heterocycles. The number of hydrogen-bond donors (Lipinski definition) is 3. The second-order valence-corrected chi connectivity index (χ2v) is 25.0. The third-order valence-corrected chi connectivity index (χ3v) is 16.8. The maximum Gasteiger partial charge on any atom is 0.220 e. The van der Waals surface area contributed by atoms with Crippen LogP contribution in [0.1, 0.15) is 386 Å². The van der Waals surface area contributed by atoms with E-state index < -0.39 is 12.1 Å². The molecule has 0 aromatic rings. The minimum absolute atomic E-state index is 0.0717. The quantitative estimate of drug-likeness (QED) is 0.0420. The highest BCUT2D eigenvalue weighted by molar-refractivity contribution is 5.76. The SMILES string of the molecule is CC/C=C\C/C=C\C/C=C\C/C=C\CCCCCCCCCCCCCCCCCCCCCCCCCCCCCCC(=O)NC(CO)C(O)/C=C/CC/C=C/CC/C=C/CCCCCCCCCCCCCCCCCCCCC. The van der Waals surface area contributed by atoms with Gasteiger partial charge >= 0.3 is 0 Å². The number of amides is 1. The number of allylic oxidation sites excluding steroid dienone is 13. The van der Waals surface area contributed by atoms with Gasteiger partial charge in [-0.1, -0.05) is 381 Å². The molecule has 0 rings (SSSR count). The molecule has 4 heteroatoms. The highest BCUT2D eigenvalue weighted by Crippen LogP contribution is 2.19. The van der Waals surface area contributed by atoms with Crippen molar-refractivity contribution in [2.45, 2.75) is 398 Å². The Morgan fingerprint density at radius 3 is 0.854 bits per heavy atom. The summed E-state index contributed by atoms with van der Waals surface area (Å²) in [4.78, 5) is 12.5. The van der Waals surface area contributed by atoms with Gasteiger partial charge in [0.05, 0.1) is 18.8 Å². The number of unbranched alkanes of at least 4 members (excludes halogenated alkanes) is 49. The fraction of sp³-hybridized carbons (Fsp3) is 0.808. The van der Waals surface area contributed by atoms with E-state index in [0.29, 0.717) is 6.42 Å². The molecule has 0 aliphatic heterocycles. The topological polar surface area (TPSA) is 69.6 Å². The van der Waals surface area contributed by atoms with Crippen LogP contribution in [-0.2, 0) is 4.79 Å². The van der Waals surface area contributed by atoms with Gasteiger partial charge < -0.3 is 15.5 Å². The lowest BCUT2D eigenvalue weighted by molar-refractivity contribution is -0.123. The Morgan fingerprint density at radius 2 is 0.549 bits per heavy atom. The first-order valence-electron chi connectivity index (χ1n) is 36.8. The molecule has 1 amide bonds. The summed E-state index contributed by atoms with van der Waals surface area (Å²) in [6.07, 6.45) is 107. The largest absolute Gasteiger partial charge is 0.394 e. The lowest BCUT2D eigenvalue weighted by Gasteiger charge is -2.19. The van der Waals surface area contributed by atoms with Crippen molar-refractivity contribution < 1.29 is 15.0 Å². The van der Waals surface area contributed by atoms with Gasteiger partial charge in [-0.2, -0.15) is 0 Å². The van der Waals surface area contributed by atoms with Gasteiger partial charge in [-0.25, -0.2) is 0 Å². The van der Waals surface area contributed by atoms with E-state index in [1.54, 1.807) is 6.08 Å². The normalized spacial score (nSPS) is 13.2. The van der Waals surface area contributed by atoms with E-state index >= 15 is 0 Å². The standard InChI is InChI=1S/C78H143NO3/c1-3-5-7-9-11-13-15-17-19-21-23-25-27-29-31-33-34-35-36-37-38-39-40-41-42-43-44-46-48-50-52-54-56-58-60-62-64-66-68-70-72-74-78(82)79-76(75-80)77(81)73-71-69-67-65-63-61-59-57-55-53-51-49-47-45-32-30-28-26-24-22-20-18-16-14-12-10-8-6-4-2/h5,7,11,13,17,19,23,25,55,57,63,65,71,73,76-77,80-81H,3-4,6,8-10,12,14-16,18,20-22,24,26-54,56,58-62,64,66-70,72,74-75H2,1-2H3,(H,79,82)/b7-5-,13-11-,19-17-,25-23-,57-55+,65-63+,73-71+. The maximum atomic E-state index is 12.5. The van der Waals surface area contributed by atoms with Crippen molar-refractivity contribution in [3.8, 4) is 0 Å². The van der Waals surface area contributed by atoms with Crippen LogP contribution in [0.15, 0.2) is 85.1 Å². The first kappa shape index (κ1) is 79.6. The molecule has 0 bridgehead atoms. The molecule has 0 spiro atoms. The molecule has 478 valence electrons. The molecule has 3 N–H and O–H groups in total. The monoisotopic (exact) mass is 1140 g/mol. The number of aliphatic hydroxyl groups is 2. The van der Waals surface area contributed by atoms with Crippen molar-refractivity contribution >= 4 is 5.91 Å². The van der Waals surface area contributed by atoms with Crippen LogP contribution in [0.25, 0.3) is 0 Å². The first-order chi connectivity index (χ1) is 40.7. The molecule has 0 aliphatic rings. The Balaban J connectivity index is 3.45. The van der Waals surface area contributed by atoms with Crippen LogP contribution in [0.3, 0.4) is 0 Å². The second kappa shape index (κ2) is 72.8. The molecule has 2 unspecified atom stereocenters. The van der Waals surface area contributed by atoms with Gasteiger partial charge in [0.1, 0.15) is 0 Å². The molecular formula is C78H143NO3.